The molecule has 2 amide bonds. The largest absolute Gasteiger partial charge is 0.495 e. The smallest absolute Gasteiger partial charge is 0.410 e. The number of hydrogen-bond acceptors (Lipinski definition) is 13. The van der Waals surface area contributed by atoms with E-state index in [1.807, 2.05) is 36.4 Å². The molecule has 75 heavy (non-hydrogen) atoms. The van der Waals surface area contributed by atoms with Crippen LogP contribution in [0.1, 0.15) is 60.2 Å². The van der Waals surface area contributed by atoms with E-state index in [1.165, 1.54) is 38.2 Å². The summed E-state index contributed by atoms with van der Waals surface area (Å²) in [5.41, 5.74) is 8.76. The minimum atomic E-state index is -0.638. The van der Waals surface area contributed by atoms with Gasteiger partial charge in [-0.25, -0.2) is 38.3 Å². The fourth-order valence-electron chi connectivity index (χ4n) is 8.52. The van der Waals surface area contributed by atoms with Crippen molar-refractivity contribution in [1.29, 1.82) is 0 Å². The Morgan fingerprint density at radius 3 is 1.45 bits per heavy atom. The summed E-state index contributed by atoms with van der Waals surface area (Å²) in [5.74, 6) is 2.53. The van der Waals surface area contributed by atoms with Gasteiger partial charge in [-0.2, -0.15) is 0 Å². The van der Waals surface area contributed by atoms with Crippen molar-refractivity contribution in [2.75, 3.05) is 54.9 Å². The van der Waals surface area contributed by atoms with Crippen LogP contribution in [0.15, 0.2) is 60.9 Å². The van der Waals surface area contributed by atoms with Crippen LogP contribution in [0, 0.1) is 5.92 Å². The molecule has 8 rings (SSSR count). The number of rotatable bonds is 10. The first kappa shape index (κ1) is 58.8. The van der Waals surface area contributed by atoms with Crippen molar-refractivity contribution >= 4 is 92.0 Å². The Morgan fingerprint density at radius 2 is 1.03 bits per heavy atom. The average Bonchev–Trinajstić information content (AvgIpc) is 3.96. The Morgan fingerprint density at radius 1 is 0.613 bits per heavy atom. The Bertz CT molecular complexity index is 2960. The highest BCUT2D eigenvalue weighted by Gasteiger charge is 2.38. The number of amides is 2. The Balaban J connectivity index is 0.000000204. The van der Waals surface area contributed by atoms with Crippen molar-refractivity contribution in [1.82, 2.24) is 29.7 Å². The van der Waals surface area contributed by atoms with Gasteiger partial charge >= 0.3 is 12.2 Å². The second-order valence-corrected chi connectivity index (χ2v) is 21.6. The molecule has 15 nitrogen and oxygen atoms in total. The second kappa shape index (κ2) is 25.2. The molecule has 2 N–H and O–H groups in total. The molecule has 4 aromatic carbocycles. The van der Waals surface area contributed by atoms with Gasteiger partial charge in [0.15, 0.2) is 0 Å². The molecule has 2 aromatic heterocycles. The lowest BCUT2D eigenvalue weighted by Crippen LogP contribution is -2.41. The maximum Gasteiger partial charge on any atom is 0.410 e. The molecular weight excluding hydrogens is 1080 g/mol. The van der Waals surface area contributed by atoms with Gasteiger partial charge in [-0.15, -0.1) is 0 Å². The van der Waals surface area contributed by atoms with Gasteiger partial charge < -0.3 is 44.0 Å². The fourth-order valence-corrected chi connectivity index (χ4v) is 10.1. The number of ether oxygens (including phenoxy) is 6. The number of likely N-dealkylation sites (tertiary alicyclic amines) is 2. The number of alkyl halides is 2. The van der Waals surface area contributed by atoms with Crippen LogP contribution in [0.2, 0.25) is 25.4 Å². The number of benzene rings is 4. The molecule has 6 aromatic rings. The molecule has 4 atom stereocenters. The van der Waals surface area contributed by atoms with Crippen LogP contribution in [0.5, 0.6) is 23.0 Å². The summed E-state index contributed by atoms with van der Waals surface area (Å²) in [4.78, 5) is 44.5. The van der Waals surface area contributed by atoms with Gasteiger partial charge in [0.25, 0.3) is 0 Å². The molecule has 0 radical (unpaired) electrons. The number of carbonyl (C=O) groups excluding carboxylic acids is 2. The molecule has 22 heteroatoms. The lowest BCUT2D eigenvalue weighted by molar-refractivity contribution is 0.0194. The number of hydrogen-bond donors (Lipinski definition) is 1. The van der Waals surface area contributed by atoms with E-state index in [0.29, 0.717) is 92.4 Å². The number of methoxy groups -OCH3 is 4. The topological polar surface area (TPSA) is 174 Å². The average molecular weight is 1140 g/mol. The molecule has 2 aliphatic heterocycles. The predicted molar refractivity (Wildman–Crippen MR) is 291 cm³/mol. The van der Waals surface area contributed by atoms with E-state index in [4.69, 9.17) is 97.1 Å². The van der Waals surface area contributed by atoms with Crippen LogP contribution in [0.25, 0.3) is 44.1 Å². The summed E-state index contributed by atoms with van der Waals surface area (Å²) in [7, 11) is 6.13. The van der Waals surface area contributed by atoms with Gasteiger partial charge in [0, 0.05) is 72.0 Å². The highest BCUT2D eigenvalue weighted by molar-refractivity contribution is 6.42. The Kier molecular flexibility index (Phi) is 19.7. The van der Waals surface area contributed by atoms with E-state index in [-0.39, 0.29) is 17.2 Å². The minimum Gasteiger partial charge on any atom is -0.495 e. The third kappa shape index (κ3) is 14.5. The van der Waals surface area contributed by atoms with E-state index >= 15 is 0 Å². The highest BCUT2D eigenvalue weighted by Crippen LogP contribution is 2.48. The van der Waals surface area contributed by atoms with Gasteiger partial charge in [0.2, 0.25) is 5.28 Å². The standard InChI is InChI=1S/C27H30Cl2FN3O4.C16H11Cl3N2O2.C10H19FN2O2/c1-27(2,3)37-26(34)33-14-15(8-18(33)12-30)9-22-31-13-17-10-16(6-7-19(17)32-22)23-24(28)20(35-4)11-21(36-5)25(23)29;1-22-11-6-12(23-2)15(18)13(14(11)17)8-3-4-10-9(5-8)7-20-16(19)21-10;1-10(2,3)15-9(14)13-6-7(12)4-8(13)5-11/h6-7,10-11,13,15,18H,8-9,12,14H2,1-5H3;3-7H,1-2H3;7-8H,4-6,12H2,1-3H3/t15-,18+;;7-,8-/m1.0/s1. The van der Waals surface area contributed by atoms with Gasteiger partial charge in [0.1, 0.15) is 53.4 Å². The predicted octanol–water partition coefficient (Wildman–Crippen LogP) is 13.3. The van der Waals surface area contributed by atoms with Gasteiger partial charge in [0.05, 0.1) is 71.6 Å². The molecule has 4 heterocycles. The molecule has 2 aliphatic rings. The summed E-state index contributed by atoms with van der Waals surface area (Å²) in [5, 5.41) is 3.40. The second-order valence-electron chi connectivity index (χ2n) is 19.7. The van der Waals surface area contributed by atoms with Crippen LogP contribution in [-0.2, 0) is 15.9 Å². The summed E-state index contributed by atoms with van der Waals surface area (Å²) in [6.07, 6.45) is 3.99. The first-order valence-electron chi connectivity index (χ1n) is 23.7. The van der Waals surface area contributed by atoms with E-state index in [2.05, 4.69) is 15.0 Å². The van der Waals surface area contributed by atoms with Crippen LogP contribution >= 0.6 is 58.0 Å². The van der Waals surface area contributed by atoms with Gasteiger partial charge in [-0.05, 0) is 107 Å². The van der Waals surface area contributed by atoms with E-state index in [0.717, 1.165) is 32.9 Å². The monoisotopic (exact) mass is 1140 g/mol. The number of nitrogens with two attached hydrogens (primary N) is 1. The normalized spacial score (nSPS) is 17.5. The molecule has 2 fully saturated rings. The third-order valence-electron chi connectivity index (χ3n) is 11.9. The maximum atomic E-state index is 13.7. The maximum absolute atomic E-state index is 13.7. The third-order valence-corrected chi connectivity index (χ3v) is 13.6. The molecule has 2 saturated heterocycles. The summed E-state index contributed by atoms with van der Waals surface area (Å²) < 4.78 is 58.3. The van der Waals surface area contributed by atoms with Gasteiger partial charge in [-0.1, -0.05) is 58.5 Å². The van der Waals surface area contributed by atoms with Crippen LogP contribution < -0.4 is 24.7 Å². The lowest BCUT2D eigenvalue weighted by Gasteiger charge is -2.27. The first-order valence-corrected chi connectivity index (χ1v) is 25.6. The molecule has 404 valence electrons. The molecule has 0 unspecified atom stereocenters. The van der Waals surface area contributed by atoms with Crippen molar-refractivity contribution in [2.24, 2.45) is 11.7 Å². The summed E-state index contributed by atoms with van der Waals surface area (Å²) >= 11 is 31.8. The number of halogens is 7. The number of aromatic nitrogens is 4. The van der Waals surface area contributed by atoms with Crippen LogP contribution in [0.4, 0.5) is 18.4 Å². The molecule has 0 spiro atoms. The first-order chi connectivity index (χ1) is 35.4. The van der Waals surface area contributed by atoms with Crippen molar-refractivity contribution in [3.63, 3.8) is 0 Å². The van der Waals surface area contributed by atoms with Gasteiger partial charge in [-0.3, -0.25) is 0 Å². The van der Waals surface area contributed by atoms with E-state index < -0.39 is 48.8 Å². The van der Waals surface area contributed by atoms with Crippen LogP contribution in [-0.4, -0.2) is 126 Å². The van der Waals surface area contributed by atoms with E-state index in [1.54, 1.807) is 66.1 Å². The molecular formula is C53H60Cl5F2N7O8. The van der Waals surface area contributed by atoms with Crippen molar-refractivity contribution < 1.29 is 46.8 Å². The SMILES string of the molecule is CC(C)(C)OC(=O)N1C[C@@H](N)C[C@H]1CF.COc1cc(OC)c(Cl)c(-c2ccc3nc(C[C@H]4C[C@@H](CF)N(C(=O)OC(C)(C)C)C4)ncc3c2)c1Cl.COc1cc(OC)c(Cl)c(-c2ccc3nc(Cl)ncc3c2)c1Cl. The van der Waals surface area contributed by atoms with Crippen molar-refractivity contribution in [3.8, 4) is 45.3 Å². The zero-order chi connectivity index (χ0) is 55.1. The zero-order valence-electron chi connectivity index (χ0n) is 43.2. The number of nitrogens with zero attached hydrogens (tertiary/aromatic N) is 6. The fraction of sp³-hybridized carbons (Fsp3) is 0.434. The zero-order valence-corrected chi connectivity index (χ0v) is 47.0. The molecule has 0 saturated carbocycles. The Hall–Kier alpha value is -5.43. The number of carbonyl (C=O) groups is 2. The lowest BCUT2D eigenvalue weighted by atomic mass is 10.0. The highest BCUT2D eigenvalue weighted by atomic mass is 35.5. The quantitative estimate of drug-likeness (QED) is 0.129. The van der Waals surface area contributed by atoms with Crippen molar-refractivity contribution in [2.45, 2.75) is 90.1 Å². The van der Waals surface area contributed by atoms with E-state index in [9.17, 15) is 18.4 Å². The molecule has 0 aliphatic carbocycles. The molecule has 0 bridgehead atoms. The summed E-state index contributed by atoms with van der Waals surface area (Å²) in [6, 6.07) is 13.5. The van der Waals surface area contributed by atoms with Crippen LogP contribution in [0.3, 0.4) is 0 Å². The summed E-state index contributed by atoms with van der Waals surface area (Å²) in [6.45, 7) is 10.3. The minimum absolute atomic E-state index is 0.0341. The van der Waals surface area contributed by atoms with Crippen molar-refractivity contribution in [3.05, 3.63) is 92.1 Å². The number of fused-ring (bicyclic) bond motifs is 2. The Labute approximate surface area is 460 Å².